The molecule has 128 valence electrons. The van der Waals surface area contributed by atoms with Gasteiger partial charge < -0.3 is 5.11 Å². The van der Waals surface area contributed by atoms with Crippen molar-refractivity contribution in [3.8, 4) is 5.75 Å². The Morgan fingerprint density at radius 1 is 0.593 bits per heavy atom. The first-order valence-electron chi connectivity index (χ1n) is 8.96. The molecule has 0 heterocycles. The molecule has 2 nitrogen and oxygen atoms in total. The molecule has 0 amide bonds. The molecule has 0 saturated carbocycles. The van der Waals surface area contributed by atoms with Gasteiger partial charge in [-0.05, 0) is 33.7 Å². The molecule has 0 atom stereocenters. The van der Waals surface area contributed by atoms with Crippen molar-refractivity contribution in [2.45, 2.75) is 0 Å². The molecule has 0 aliphatic heterocycles. The fraction of sp³-hybridized carbons (Fsp3) is 0. The van der Waals surface area contributed by atoms with Crippen LogP contribution in [0.2, 0.25) is 0 Å². The lowest BCUT2D eigenvalue weighted by Crippen LogP contribution is -1.88. The van der Waals surface area contributed by atoms with Crippen LogP contribution in [-0.4, -0.2) is 11.3 Å². The Morgan fingerprint density at radius 3 is 2.07 bits per heavy atom. The van der Waals surface area contributed by atoms with Crippen LogP contribution in [0.5, 0.6) is 5.75 Å². The van der Waals surface area contributed by atoms with Gasteiger partial charge in [-0.2, -0.15) is 0 Å². The topological polar surface area (TPSA) is 32.6 Å². The maximum absolute atomic E-state index is 10.6. The number of phenolic OH excluding ortho intramolecular Hbond substituents is 1. The molecule has 0 bridgehead atoms. The van der Waals surface area contributed by atoms with E-state index in [1.807, 2.05) is 42.5 Å². The van der Waals surface area contributed by atoms with Gasteiger partial charge in [0, 0.05) is 22.6 Å². The van der Waals surface area contributed by atoms with E-state index in [-0.39, 0.29) is 5.75 Å². The molecule has 1 N–H and O–H groups in total. The second-order valence-corrected chi connectivity index (χ2v) is 6.64. The third-order valence-corrected chi connectivity index (χ3v) is 5.03. The van der Waals surface area contributed by atoms with Crippen molar-refractivity contribution in [1.82, 2.24) is 0 Å². The number of nitrogens with zero attached hydrogens (tertiary/aromatic N) is 1. The van der Waals surface area contributed by atoms with E-state index in [4.69, 9.17) is 4.99 Å². The average Bonchev–Trinajstić information content (AvgIpc) is 2.73. The van der Waals surface area contributed by atoms with Crippen LogP contribution in [0.25, 0.3) is 32.3 Å². The van der Waals surface area contributed by atoms with Crippen molar-refractivity contribution in [2.24, 2.45) is 4.99 Å². The Morgan fingerprint density at radius 2 is 1.22 bits per heavy atom. The second-order valence-electron chi connectivity index (χ2n) is 6.64. The van der Waals surface area contributed by atoms with Gasteiger partial charge in [-0.3, -0.25) is 4.99 Å². The minimum absolute atomic E-state index is 0.239. The van der Waals surface area contributed by atoms with E-state index in [1.54, 1.807) is 12.3 Å². The zero-order valence-corrected chi connectivity index (χ0v) is 14.6. The number of phenols is 1. The minimum Gasteiger partial charge on any atom is -0.507 e. The number of hydrogen-bond acceptors (Lipinski definition) is 2. The molecule has 0 unspecified atom stereocenters. The van der Waals surface area contributed by atoms with Gasteiger partial charge in [0.1, 0.15) is 5.75 Å². The van der Waals surface area contributed by atoms with Gasteiger partial charge in [0.05, 0.1) is 5.69 Å². The van der Waals surface area contributed by atoms with Gasteiger partial charge in [0.25, 0.3) is 0 Å². The van der Waals surface area contributed by atoms with Crippen molar-refractivity contribution >= 4 is 44.2 Å². The standard InChI is InChI=1S/C25H17NO/c27-24-15-14-19-13-12-18-7-2-4-10-21(18)25(19)22(24)16-26-23-11-5-8-17-6-1-3-9-20(17)23/h1-16,27H. The van der Waals surface area contributed by atoms with E-state index in [0.29, 0.717) is 0 Å². The summed E-state index contributed by atoms with van der Waals surface area (Å²) in [6, 6.07) is 30.4. The van der Waals surface area contributed by atoms with E-state index in [9.17, 15) is 5.11 Å². The van der Waals surface area contributed by atoms with E-state index in [0.717, 1.165) is 43.6 Å². The summed E-state index contributed by atoms with van der Waals surface area (Å²) >= 11 is 0. The zero-order valence-electron chi connectivity index (χ0n) is 14.6. The highest BCUT2D eigenvalue weighted by Gasteiger charge is 2.09. The highest BCUT2D eigenvalue weighted by Crippen LogP contribution is 2.33. The van der Waals surface area contributed by atoms with Crippen molar-refractivity contribution < 1.29 is 5.11 Å². The third-order valence-electron chi connectivity index (χ3n) is 5.03. The van der Waals surface area contributed by atoms with E-state index >= 15 is 0 Å². The largest absolute Gasteiger partial charge is 0.507 e. The second kappa shape index (κ2) is 6.26. The summed E-state index contributed by atoms with van der Waals surface area (Å²) in [5.41, 5.74) is 1.64. The van der Waals surface area contributed by atoms with Gasteiger partial charge in [0.2, 0.25) is 0 Å². The van der Waals surface area contributed by atoms with Crippen LogP contribution >= 0.6 is 0 Å². The number of benzene rings is 5. The molecule has 0 spiro atoms. The molecule has 5 aromatic carbocycles. The van der Waals surface area contributed by atoms with Crippen molar-refractivity contribution in [3.05, 3.63) is 96.6 Å². The van der Waals surface area contributed by atoms with Crippen molar-refractivity contribution in [1.29, 1.82) is 0 Å². The molecule has 0 aliphatic rings. The van der Waals surface area contributed by atoms with Crippen LogP contribution in [0.15, 0.2) is 96.0 Å². The molecule has 0 saturated heterocycles. The number of hydrogen-bond donors (Lipinski definition) is 1. The number of aromatic hydroxyl groups is 1. The number of fused-ring (bicyclic) bond motifs is 4. The van der Waals surface area contributed by atoms with Crippen LogP contribution in [0.3, 0.4) is 0 Å². The van der Waals surface area contributed by atoms with E-state index in [1.165, 1.54) is 0 Å². The fourth-order valence-electron chi connectivity index (χ4n) is 3.70. The summed E-state index contributed by atoms with van der Waals surface area (Å²) in [5.74, 6) is 0.239. The number of rotatable bonds is 2. The molecule has 27 heavy (non-hydrogen) atoms. The lowest BCUT2D eigenvalue weighted by molar-refractivity contribution is 0.475. The lowest BCUT2D eigenvalue weighted by atomic mass is 9.97. The smallest absolute Gasteiger partial charge is 0.125 e. The Bertz CT molecular complexity index is 1330. The van der Waals surface area contributed by atoms with Crippen LogP contribution in [-0.2, 0) is 0 Å². The van der Waals surface area contributed by atoms with Crippen LogP contribution in [0.1, 0.15) is 5.56 Å². The van der Waals surface area contributed by atoms with Gasteiger partial charge >= 0.3 is 0 Å². The van der Waals surface area contributed by atoms with Crippen LogP contribution in [0, 0.1) is 0 Å². The summed E-state index contributed by atoms with van der Waals surface area (Å²) in [4.78, 5) is 4.74. The number of aliphatic imine (C=N–C) groups is 1. The molecule has 0 radical (unpaired) electrons. The molecule has 0 aromatic heterocycles. The molecule has 5 aromatic rings. The molecular formula is C25H17NO. The first-order chi connectivity index (χ1) is 13.3. The predicted molar refractivity (Wildman–Crippen MR) is 114 cm³/mol. The maximum atomic E-state index is 10.6. The van der Waals surface area contributed by atoms with Crippen LogP contribution < -0.4 is 0 Å². The summed E-state index contributed by atoms with van der Waals surface area (Å²) in [6.07, 6.45) is 1.78. The first kappa shape index (κ1) is 15.6. The van der Waals surface area contributed by atoms with E-state index in [2.05, 4.69) is 42.5 Å². The third kappa shape index (κ3) is 2.63. The predicted octanol–water partition coefficient (Wildman–Crippen LogP) is 6.60. The highest BCUT2D eigenvalue weighted by molar-refractivity contribution is 6.16. The normalized spacial score (nSPS) is 11.7. The first-order valence-corrected chi connectivity index (χ1v) is 8.96. The molecular weight excluding hydrogens is 330 g/mol. The summed E-state index contributed by atoms with van der Waals surface area (Å²) in [5, 5.41) is 17.2. The maximum Gasteiger partial charge on any atom is 0.125 e. The van der Waals surface area contributed by atoms with Crippen LogP contribution in [0.4, 0.5) is 5.69 Å². The highest BCUT2D eigenvalue weighted by atomic mass is 16.3. The summed E-state index contributed by atoms with van der Waals surface area (Å²) in [7, 11) is 0. The lowest BCUT2D eigenvalue weighted by Gasteiger charge is -2.09. The van der Waals surface area contributed by atoms with E-state index < -0.39 is 0 Å². The zero-order chi connectivity index (χ0) is 18.2. The summed E-state index contributed by atoms with van der Waals surface area (Å²) in [6.45, 7) is 0. The quantitative estimate of drug-likeness (QED) is 0.283. The fourth-order valence-corrected chi connectivity index (χ4v) is 3.70. The molecule has 0 aliphatic carbocycles. The Balaban J connectivity index is 1.76. The minimum atomic E-state index is 0.239. The molecule has 5 rings (SSSR count). The van der Waals surface area contributed by atoms with Gasteiger partial charge in [0.15, 0.2) is 0 Å². The molecule has 2 heteroatoms. The van der Waals surface area contributed by atoms with Gasteiger partial charge in [-0.1, -0.05) is 78.9 Å². The molecule has 0 fully saturated rings. The average molecular weight is 347 g/mol. The van der Waals surface area contributed by atoms with Crippen molar-refractivity contribution in [3.63, 3.8) is 0 Å². The monoisotopic (exact) mass is 347 g/mol. The van der Waals surface area contributed by atoms with Gasteiger partial charge in [-0.25, -0.2) is 0 Å². The van der Waals surface area contributed by atoms with Gasteiger partial charge in [-0.15, -0.1) is 0 Å². The Hall–Kier alpha value is -3.65. The Kier molecular flexibility index (Phi) is 3.61. The summed E-state index contributed by atoms with van der Waals surface area (Å²) < 4.78 is 0. The Labute approximate surface area is 157 Å². The SMILES string of the molecule is Oc1ccc2ccc3ccccc3c2c1C=Nc1cccc2ccccc12. The van der Waals surface area contributed by atoms with Crippen molar-refractivity contribution in [2.75, 3.05) is 0 Å².